The molecule has 3 aliphatic rings. The molecule has 8 heteroatoms. The van der Waals surface area contributed by atoms with Crippen LogP contribution in [-0.2, 0) is 9.59 Å². The van der Waals surface area contributed by atoms with Gasteiger partial charge in [0.15, 0.2) is 11.5 Å². The first-order valence-corrected chi connectivity index (χ1v) is 16.4. The average molecular weight is 640 g/mol. The summed E-state index contributed by atoms with van der Waals surface area (Å²) in [4.78, 5) is 44.5. The largest absolute Gasteiger partial charge is 0.490 e. The maximum absolute atomic E-state index is 14.2. The SMILES string of the molecule is C=CCOc1ccc(/C=C2\C(=O)NC(=O)N(c3cc4c5c(c3)[C@H](c3ccccc3)CCN5CC[C@H]4c3ccccc3)C2=O)cc1OCC. The van der Waals surface area contributed by atoms with Crippen LogP contribution >= 0.6 is 0 Å². The molecule has 4 amide bonds. The minimum Gasteiger partial charge on any atom is -0.490 e. The number of benzene rings is 4. The van der Waals surface area contributed by atoms with Gasteiger partial charge in [0.05, 0.1) is 12.3 Å². The van der Waals surface area contributed by atoms with E-state index in [9.17, 15) is 14.4 Å². The van der Waals surface area contributed by atoms with Gasteiger partial charge in [-0.15, -0.1) is 0 Å². The number of carbonyl (C=O) groups excluding carboxylic acids is 3. The zero-order chi connectivity index (χ0) is 33.2. The Morgan fingerprint density at radius 3 is 2.02 bits per heavy atom. The predicted molar refractivity (Wildman–Crippen MR) is 187 cm³/mol. The third-order valence-electron chi connectivity index (χ3n) is 9.30. The minimum atomic E-state index is -0.770. The third-order valence-corrected chi connectivity index (χ3v) is 9.30. The molecule has 1 saturated heterocycles. The maximum Gasteiger partial charge on any atom is 0.335 e. The van der Waals surface area contributed by atoms with E-state index in [4.69, 9.17) is 9.47 Å². The van der Waals surface area contributed by atoms with Crippen LogP contribution < -0.4 is 24.6 Å². The molecule has 0 spiro atoms. The first-order valence-electron chi connectivity index (χ1n) is 16.4. The Morgan fingerprint density at radius 2 is 1.44 bits per heavy atom. The van der Waals surface area contributed by atoms with Crippen molar-refractivity contribution < 1.29 is 23.9 Å². The molecule has 8 nitrogen and oxygen atoms in total. The van der Waals surface area contributed by atoms with Crippen molar-refractivity contribution in [2.24, 2.45) is 0 Å². The Kier molecular flexibility index (Phi) is 8.55. The highest BCUT2D eigenvalue weighted by molar-refractivity contribution is 6.39. The topological polar surface area (TPSA) is 88.2 Å². The Balaban J connectivity index is 1.34. The predicted octanol–water partition coefficient (Wildman–Crippen LogP) is 7.19. The van der Waals surface area contributed by atoms with Crippen molar-refractivity contribution in [3.05, 3.63) is 137 Å². The van der Waals surface area contributed by atoms with Gasteiger partial charge in [-0.2, -0.15) is 0 Å². The van der Waals surface area contributed by atoms with Gasteiger partial charge < -0.3 is 14.4 Å². The van der Waals surface area contributed by atoms with Crippen molar-refractivity contribution in [1.82, 2.24) is 5.32 Å². The number of hydrogen-bond donors (Lipinski definition) is 1. The van der Waals surface area contributed by atoms with Crippen molar-refractivity contribution in [3.63, 3.8) is 0 Å². The molecule has 2 atom stereocenters. The van der Waals surface area contributed by atoms with Gasteiger partial charge in [-0.25, -0.2) is 9.69 Å². The number of nitrogens with zero attached hydrogens (tertiary/aromatic N) is 2. The number of urea groups is 1. The smallest absolute Gasteiger partial charge is 0.335 e. The van der Waals surface area contributed by atoms with Crippen molar-refractivity contribution in [2.45, 2.75) is 31.6 Å². The van der Waals surface area contributed by atoms with Crippen LogP contribution in [0.3, 0.4) is 0 Å². The molecule has 0 radical (unpaired) electrons. The Morgan fingerprint density at radius 1 is 0.812 bits per heavy atom. The van der Waals surface area contributed by atoms with Gasteiger partial charge in [0.25, 0.3) is 11.8 Å². The number of hydrogen-bond acceptors (Lipinski definition) is 6. The summed E-state index contributed by atoms with van der Waals surface area (Å²) in [5.41, 5.74) is 6.57. The number of carbonyl (C=O) groups is 3. The van der Waals surface area contributed by atoms with Gasteiger partial charge in [-0.05, 0) is 77.9 Å². The van der Waals surface area contributed by atoms with Crippen molar-refractivity contribution in [3.8, 4) is 11.5 Å². The summed E-state index contributed by atoms with van der Waals surface area (Å²) in [5.74, 6) is -0.262. The molecule has 3 heterocycles. The second kappa shape index (κ2) is 13.2. The summed E-state index contributed by atoms with van der Waals surface area (Å²) in [7, 11) is 0. The standard InChI is InChI=1S/C40H37N3O5/c1-3-21-48-35-16-15-26(23-36(35)47-4-2)22-34-38(44)41-40(46)43(39(34)45)29-24-32-30(27-11-7-5-8-12-27)17-19-42-20-18-31(33(25-29)37(32)42)28-13-9-6-10-14-28/h3,5-16,22-25,30-31H,1,4,17-21H2,2H3,(H,41,44,46)/b34-22+/t30-,31-/m0/s1. The minimum absolute atomic E-state index is 0.0871. The quantitative estimate of drug-likeness (QED) is 0.119. The van der Waals surface area contributed by atoms with Crippen LogP contribution in [0, 0.1) is 0 Å². The fraction of sp³-hybridized carbons (Fsp3) is 0.225. The molecular weight excluding hydrogens is 602 g/mol. The number of barbiturate groups is 1. The van der Waals surface area contributed by atoms with Gasteiger partial charge in [0, 0.05) is 30.6 Å². The lowest BCUT2D eigenvalue weighted by atomic mass is 9.76. The van der Waals surface area contributed by atoms with Crippen LogP contribution in [0.1, 0.15) is 59.4 Å². The van der Waals surface area contributed by atoms with E-state index < -0.39 is 17.8 Å². The normalized spacial score (nSPS) is 19.5. The Hall–Kier alpha value is -5.63. The van der Waals surface area contributed by atoms with E-state index in [0.29, 0.717) is 36.0 Å². The fourth-order valence-electron chi connectivity index (χ4n) is 7.18. The highest BCUT2D eigenvalue weighted by Crippen LogP contribution is 2.50. The summed E-state index contributed by atoms with van der Waals surface area (Å²) >= 11 is 0. The summed E-state index contributed by atoms with van der Waals surface area (Å²) in [6.45, 7) is 8.10. The molecule has 4 aromatic carbocycles. The van der Waals surface area contributed by atoms with E-state index in [2.05, 4.69) is 41.1 Å². The zero-order valence-electron chi connectivity index (χ0n) is 26.9. The lowest BCUT2D eigenvalue weighted by Crippen LogP contribution is -2.54. The van der Waals surface area contributed by atoms with Crippen molar-refractivity contribution in [1.29, 1.82) is 0 Å². The number of imide groups is 2. The van der Waals surface area contributed by atoms with Gasteiger partial charge >= 0.3 is 6.03 Å². The summed E-state index contributed by atoms with van der Waals surface area (Å²) < 4.78 is 11.5. The molecule has 0 aromatic heterocycles. The van der Waals surface area contributed by atoms with E-state index in [1.807, 2.05) is 55.5 Å². The first-order chi connectivity index (χ1) is 23.5. The van der Waals surface area contributed by atoms with Gasteiger partial charge in [-0.1, -0.05) is 79.4 Å². The molecule has 48 heavy (non-hydrogen) atoms. The third kappa shape index (κ3) is 5.74. The van der Waals surface area contributed by atoms with E-state index >= 15 is 0 Å². The molecule has 0 unspecified atom stereocenters. The number of anilines is 2. The molecule has 1 fully saturated rings. The molecule has 3 aliphatic heterocycles. The van der Waals surface area contributed by atoms with Crippen LogP contribution in [0.5, 0.6) is 11.5 Å². The van der Waals surface area contributed by atoms with Crippen LogP contribution in [-0.4, -0.2) is 44.1 Å². The van der Waals surface area contributed by atoms with Gasteiger partial charge in [-0.3, -0.25) is 14.9 Å². The van der Waals surface area contributed by atoms with Crippen LogP contribution in [0.2, 0.25) is 0 Å². The number of rotatable bonds is 9. The number of nitrogens with one attached hydrogen (secondary N) is 1. The second-order valence-electron chi connectivity index (χ2n) is 12.2. The fourth-order valence-corrected chi connectivity index (χ4v) is 7.18. The summed E-state index contributed by atoms with van der Waals surface area (Å²) in [6, 6.07) is 29.1. The molecule has 0 bridgehead atoms. The lowest BCUT2D eigenvalue weighted by molar-refractivity contribution is -0.122. The van der Waals surface area contributed by atoms with Crippen molar-refractivity contribution in [2.75, 3.05) is 36.1 Å². The van der Waals surface area contributed by atoms with E-state index in [-0.39, 0.29) is 17.4 Å². The highest BCUT2D eigenvalue weighted by atomic mass is 16.5. The van der Waals surface area contributed by atoms with E-state index in [1.165, 1.54) is 22.9 Å². The summed E-state index contributed by atoms with van der Waals surface area (Å²) in [5, 5.41) is 2.42. The molecule has 1 N–H and O–H groups in total. The van der Waals surface area contributed by atoms with E-state index in [1.54, 1.807) is 24.3 Å². The highest BCUT2D eigenvalue weighted by Gasteiger charge is 2.40. The maximum atomic E-state index is 14.2. The lowest BCUT2D eigenvalue weighted by Gasteiger charge is -2.44. The molecule has 7 rings (SSSR count). The number of amides is 4. The Labute approximate surface area is 280 Å². The molecular formula is C40H37N3O5. The molecule has 0 saturated carbocycles. The van der Waals surface area contributed by atoms with Crippen molar-refractivity contribution >= 4 is 35.3 Å². The molecule has 242 valence electrons. The zero-order valence-corrected chi connectivity index (χ0v) is 26.9. The first kappa shape index (κ1) is 31.0. The Bertz CT molecular complexity index is 1850. The van der Waals surface area contributed by atoms with Gasteiger partial charge in [0.2, 0.25) is 0 Å². The average Bonchev–Trinajstić information content (AvgIpc) is 3.11. The van der Waals surface area contributed by atoms with Crippen LogP contribution in [0.25, 0.3) is 6.08 Å². The van der Waals surface area contributed by atoms with Crippen LogP contribution in [0.4, 0.5) is 16.2 Å². The molecule has 4 aromatic rings. The second-order valence-corrected chi connectivity index (χ2v) is 12.2. The monoisotopic (exact) mass is 639 g/mol. The van der Waals surface area contributed by atoms with Crippen LogP contribution in [0.15, 0.2) is 109 Å². The van der Waals surface area contributed by atoms with E-state index in [0.717, 1.165) is 42.0 Å². The molecule has 0 aliphatic carbocycles. The summed E-state index contributed by atoms with van der Waals surface area (Å²) in [6.07, 6.45) is 4.95. The number of ether oxygens (including phenoxy) is 2. The van der Waals surface area contributed by atoms with Gasteiger partial charge in [0.1, 0.15) is 12.2 Å².